The lowest BCUT2D eigenvalue weighted by atomic mass is 10.2. The van der Waals surface area contributed by atoms with Crippen LogP contribution in [0.25, 0.3) is 0 Å². The van der Waals surface area contributed by atoms with E-state index in [1.165, 1.54) is 16.7 Å². The molecule has 0 aromatic heterocycles. The summed E-state index contributed by atoms with van der Waals surface area (Å²) >= 11 is 1.25. The molecular weight excluding hydrogens is 406 g/mol. The minimum atomic E-state index is -0.586. The summed E-state index contributed by atoms with van der Waals surface area (Å²) < 4.78 is 16.1. The number of rotatable bonds is 5. The molecule has 2 heterocycles. The molecule has 4 rings (SSSR count). The molecule has 1 unspecified atom stereocenters. The zero-order valence-electron chi connectivity index (χ0n) is 16.6. The highest BCUT2D eigenvalue weighted by Gasteiger charge is 2.34. The van der Waals surface area contributed by atoms with Gasteiger partial charge >= 0.3 is 0 Å². The molecule has 0 radical (unpaired) electrons. The largest absolute Gasteiger partial charge is 0.494 e. The van der Waals surface area contributed by atoms with Gasteiger partial charge in [-0.05, 0) is 31.2 Å². The van der Waals surface area contributed by atoms with Crippen molar-refractivity contribution in [3.8, 4) is 17.2 Å². The summed E-state index contributed by atoms with van der Waals surface area (Å²) in [7, 11) is 1.65. The molecule has 2 aliphatic rings. The fraction of sp³-hybridized carbons (Fsp3) is 0.286. The van der Waals surface area contributed by atoms with Crippen LogP contribution < -0.4 is 19.5 Å². The first-order valence-corrected chi connectivity index (χ1v) is 10.4. The third-order valence-corrected chi connectivity index (χ3v) is 5.80. The first-order chi connectivity index (χ1) is 14.5. The van der Waals surface area contributed by atoms with E-state index in [1.807, 2.05) is 13.0 Å². The van der Waals surface area contributed by atoms with E-state index < -0.39 is 5.25 Å². The maximum absolute atomic E-state index is 12.8. The second-order valence-electron chi connectivity index (χ2n) is 6.65. The van der Waals surface area contributed by atoms with Crippen molar-refractivity contribution < 1.29 is 23.8 Å². The number of hydrogen-bond acceptors (Lipinski definition) is 7. The van der Waals surface area contributed by atoms with Gasteiger partial charge in [-0.25, -0.2) is 4.99 Å². The molecular formula is C21H21N3O5S. The van der Waals surface area contributed by atoms with Crippen LogP contribution in [0.1, 0.15) is 13.3 Å². The second kappa shape index (κ2) is 8.66. The average molecular weight is 427 g/mol. The Morgan fingerprint density at radius 3 is 2.93 bits per heavy atom. The molecule has 8 nitrogen and oxygen atoms in total. The van der Waals surface area contributed by atoms with Crippen molar-refractivity contribution in [2.45, 2.75) is 18.6 Å². The average Bonchev–Trinajstić information content (AvgIpc) is 3.19. The van der Waals surface area contributed by atoms with Crippen LogP contribution in [0.2, 0.25) is 0 Å². The van der Waals surface area contributed by atoms with E-state index in [2.05, 4.69) is 10.3 Å². The van der Waals surface area contributed by atoms with Gasteiger partial charge in [-0.2, -0.15) is 0 Å². The normalized spacial score (nSPS) is 19.1. The number of nitrogens with zero attached hydrogens (tertiary/aromatic N) is 2. The monoisotopic (exact) mass is 427 g/mol. The highest BCUT2D eigenvalue weighted by atomic mass is 32.2. The van der Waals surface area contributed by atoms with E-state index in [0.29, 0.717) is 40.4 Å². The molecule has 2 amide bonds. The summed E-state index contributed by atoms with van der Waals surface area (Å²) in [4.78, 5) is 31.3. The van der Waals surface area contributed by atoms with Crippen molar-refractivity contribution in [1.82, 2.24) is 4.90 Å². The van der Waals surface area contributed by atoms with Gasteiger partial charge in [0.25, 0.3) is 0 Å². The number of hydrogen-bond donors (Lipinski definition) is 1. The number of anilines is 1. The van der Waals surface area contributed by atoms with Crippen LogP contribution in [0.15, 0.2) is 47.5 Å². The van der Waals surface area contributed by atoms with Crippen molar-refractivity contribution in [3.63, 3.8) is 0 Å². The zero-order valence-corrected chi connectivity index (χ0v) is 17.4. The molecule has 2 aromatic rings. The lowest BCUT2D eigenvalue weighted by Gasteiger charge is -2.28. The summed E-state index contributed by atoms with van der Waals surface area (Å²) in [5, 5.41) is 2.73. The first kappa shape index (κ1) is 20.1. The van der Waals surface area contributed by atoms with Crippen LogP contribution in [0, 0.1) is 0 Å². The third kappa shape index (κ3) is 4.35. The van der Waals surface area contributed by atoms with Gasteiger partial charge < -0.3 is 19.5 Å². The van der Waals surface area contributed by atoms with Gasteiger partial charge in [-0.3, -0.25) is 14.5 Å². The standard InChI is InChI=1S/C21H21N3O5S/c1-3-27-15-6-4-5-13(9-15)22-20(26)18-11-19(25)24(2)21(30-18)23-14-7-8-16-17(10-14)29-12-28-16/h4-10,18H,3,11-12H2,1-2H3,(H,22,26). The van der Waals surface area contributed by atoms with Gasteiger partial charge in [0.05, 0.1) is 12.3 Å². The quantitative estimate of drug-likeness (QED) is 0.787. The third-order valence-electron chi connectivity index (χ3n) is 4.55. The molecule has 1 atom stereocenters. The first-order valence-electron chi connectivity index (χ1n) is 9.49. The van der Waals surface area contributed by atoms with Crippen LogP contribution in [0.5, 0.6) is 17.2 Å². The van der Waals surface area contributed by atoms with Gasteiger partial charge in [-0.15, -0.1) is 0 Å². The molecule has 1 fully saturated rings. The Morgan fingerprint density at radius 2 is 2.10 bits per heavy atom. The molecule has 1 N–H and O–H groups in total. The maximum atomic E-state index is 12.8. The predicted octanol–water partition coefficient (Wildman–Crippen LogP) is 3.40. The molecule has 2 aromatic carbocycles. The Balaban J connectivity index is 1.50. The molecule has 9 heteroatoms. The van der Waals surface area contributed by atoms with E-state index in [-0.39, 0.29) is 25.0 Å². The number of carbonyl (C=O) groups excluding carboxylic acids is 2. The highest BCUT2D eigenvalue weighted by Crippen LogP contribution is 2.36. The summed E-state index contributed by atoms with van der Waals surface area (Å²) in [5.74, 6) is 1.51. The molecule has 0 aliphatic carbocycles. The van der Waals surface area contributed by atoms with Crippen LogP contribution in [0.4, 0.5) is 11.4 Å². The van der Waals surface area contributed by atoms with Crippen molar-refractivity contribution in [2.75, 3.05) is 25.8 Å². The van der Waals surface area contributed by atoms with E-state index in [0.717, 1.165) is 0 Å². The van der Waals surface area contributed by atoms with E-state index in [1.54, 1.807) is 43.4 Å². The molecule has 0 bridgehead atoms. The molecule has 2 aliphatic heterocycles. The molecule has 0 spiro atoms. The van der Waals surface area contributed by atoms with Crippen LogP contribution in [-0.4, -0.2) is 47.6 Å². The number of thioether (sulfide) groups is 1. The maximum Gasteiger partial charge on any atom is 0.238 e. The SMILES string of the molecule is CCOc1cccc(NC(=O)C2CC(=O)N(C)C(=Nc3ccc4c(c3)OCO4)S2)c1. The van der Waals surface area contributed by atoms with Crippen LogP contribution in [0.3, 0.4) is 0 Å². The Bertz CT molecular complexity index is 1010. The number of amides is 2. The fourth-order valence-corrected chi connectivity index (χ4v) is 4.08. The Kier molecular flexibility index (Phi) is 5.80. The number of amidine groups is 1. The summed E-state index contributed by atoms with van der Waals surface area (Å²) in [6.45, 7) is 2.61. The lowest BCUT2D eigenvalue weighted by molar-refractivity contribution is -0.128. The van der Waals surface area contributed by atoms with Crippen molar-refractivity contribution in [3.05, 3.63) is 42.5 Å². The minimum Gasteiger partial charge on any atom is -0.494 e. The van der Waals surface area contributed by atoms with Crippen LogP contribution in [-0.2, 0) is 9.59 Å². The van der Waals surface area contributed by atoms with Gasteiger partial charge in [0, 0.05) is 31.3 Å². The van der Waals surface area contributed by atoms with Gasteiger partial charge in [0.1, 0.15) is 11.0 Å². The second-order valence-corrected chi connectivity index (χ2v) is 7.82. The topological polar surface area (TPSA) is 89.5 Å². The van der Waals surface area contributed by atoms with Crippen LogP contribution >= 0.6 is 11.8 Å². The number of carbonyl (C=O) groups is 2. The number of fused-ring (bicyclic) bond motifs is 1. The Hall–Kier alpha value is -3.20. The van der Waals surface area contributed by atoms with Crippen molar-refractivity contribution >= 4 is 40.1 Å². The van der Waals surface area contributed by atoms with Crippen molar-refractivity contribution in [2.24, 2.45) is 4.99 Å². The number of ether oxygens (including phenoxy) is 3. The Labute approximate surface area is 178 Å². The van der Waals surface area contributed by atoms with E-state index >= 15 is 0 Å². The van der Waals surface area contributed by atoms with Gasteiger partial charge in [0.2, 0.25) is 18.6 Å². The lowest BCUT2D eigenvalue weighted by Crippen LogP contribution is -2.43. The minimum absolute atomic E-state index is 0.0955. The molecule has 1 saturated heterocycles. The fourth-order valence-electron chi connectivity index (χ4n) is 3.02. The number of aliphatic imine (C=N–C) groups is 1. The summed E-state index contributed by atoms with van der Waals surface area (Å²) in [6, 6.07) is 12.5. The molecule has 156 valence electrons. The summed E-state index contributed by atoms with van der Waals surface area (Å²) in [5.41, 5.74) is 1.24. The summed E-state index contributed by atoms with van der Waals surface area (Å²) in [6.07, 6.45) is 0.0955. The van der Waals surface area contributed by atoms with E-state index in [4.69, 9.17) is 14.2 Å². The predicted molar refractivity (Wildman–Crippen MR) is 115 cm³/mol. The highest BCUT2D eigenvalue weighted by molar-refractivity contribution is 8.15. The molecule has 30 heavy (non-hydrogen) atoms. The number of nitrogens with one attached hydrogen (secondary N) is 1. The zero-order chi connectivity index (χ0) is 21.1. The van der Waals surface area contributed by atoms with Crippen molar-refractivity contribution in [1.29, 1.82) is 0 Å². The Morgan fingerprint density at radius 1 is 1.27 bits per heavy atom. The smallest absolute Gasteiger partial charge is 0.238 e. The van der Waals surface area contributed by atoms with Gasteiger partial charge in [-0.1, -0.05) is 17.8 Å². The van der Waals surface area contributed by atoms with Gasteiger partial charge in [0.15, 0.2) is 16.7 Å². The van der Waals surface area contributed by atoms with E-state index in [9.17, 15) is 9.59 Å². The number of benzene rings is 2. The molecule has 0 saturated carbocycles.